The molecule has 0 radical (unpaired) electrons. The van der Waals surface area contributed by atoms with Crippen molar-refractivity contribution in [3.8, 4) is 11.5 Å². The van der Waals surface area contributed by atoms with Crippen molar-refractivity contribution < 1.29 is 19.0 Å². The molecule has 0 fully saturated rings. The number of amides is 1. The summed E-state index contributed by atoms with van der Waals surface area (Å²) >= 11 is 3.28. The second-order valence-electron chi connectivity index (χ2n) is 5.71. The predicted molar refractivity (Wildman–Crippen MR) is 92.7 cm³/mol. The van der Waals surface area contributed by atoms with Gasteiger partial charge in [-0.25, -0.2) is 4.39 Å². The molecule has 3 rings (SSSR count). The fraction of sp³-hybridized carbons (Fsp3) is 0.278. The Morgan fingerprint density at radius 1 is 1.42 bits per heavy atom. The second kappa shape index (κ2) is 6.81. The molecule has 0 atom stereocenters. The Hall–Kier alpha value is -2.08. The highest BCUT2D eigenvalue weighted by molar-refractivity contribution is 9.10. The monoisotopic (exact) mass is 393 g/mol. The number of rotatable bonds is 4. The van der Waals surface area contributed by atoms with Crippen molar-refractivity contribution in [3.63, 3.8) is 0 Å². The summed E-state index contributed by atoms with van der Waals surface area (Å²) in [6, 6.07) is 1.64. The van der Waals surface area contributed by atoms with Crippen LogP contribution < -0.4 is 4.74 Å². The maximum absolute atomic E-state index is 13.2. The van der Waals surface area contributed by atoms with Crippen LogP contribution in [0.4, 0.5) is 4.39 Å². The van der Waals surface area contributed by atoms with Crippen LogP contribution in [0.15, 0.2) is 46.2 Å². The first-order valence-corrected chi connectivity index (χ1v) is 8.40. The lowest BCUT2D eigenvalue weighted by Crippen LogP contribution is -2.25. The van der Waals surface area contributed by atoms with E-state index in [1.54, 1.807) is 23.1 Å². The zero-order chi connectivity index (χ0) is 17.3. The lowest BCUT2D eigenvalue weighted by molar-refractivity contribution is 0.0780. The average molecular weight is 394 g/mol. The molecular formula is C18H17BrFNO3. The van der Waals surface area contributed by atoms with Gasteiger partial charge in [-0.3, -0.25) is 4.79 Å². The van der Waals surface area contributed by atoms with E-state index in [1.165, 1.54) is 13.2 Å². The van der Waals surface area contributed by atoms with E-state index in [9.17, 15) is 14.3 Å². The van der Waals surface area contributed by atoms with E-state index in [0.29, 0.717) is 47.3 Å². The number of carbonyl (C=O) groups excluding carboxylic acids is 1. The molecule has 0 saturated heterocycles. The zero-order valence-electron chi connectivity index (χ0n) is 13.2. The minimum absolute atomic E-state index is 0.0405. The van der Waals surface area contributed by atoms with Crippen LogP contribution in [0.25, 0.3) is 0 Å². The Balaban J connectivity index is 1.76. The summed E-state index contributed by atoms with van der Waals surface area (Å²) in [5.74, 6) is 0.161. The van der Waals surface area contributed by atoms with Gasteiger partial charge in [-0.2, -0.15) is 0 Å². The number of hydrogen-bond donors (Lipinski definition) is 1. The van der Waals surface area contributed by atoms with Crippen molar-refractivity contribution in [1.82, 2.24) is 4.90 Å². The van der Waals surface area contributed by atoms with E-state index < -0.39 is 0 Å². The molecule has 0 spiro atoms. The third-order valence-electron chi connectivity index (χ3n) is 4.19. The first kappa shape index (κ1) is 16.8. The Morgan fingerprint density at radius 2 is 2.21 bits per heavy atom. The van der Waals surface area contributed by atoms with Gasteiger partial charge in [-0.15, -0.1) is 0 Å². The first-order valence-electron chi connectivity index (χ1n) is 7.60. The number of fused-ring (bicyclic) bond motifs is 1. The molecule has 1 aliphatic carbocycles. The summed E-state index contributed by atoms with van der Waals surface area (Å²) in [5.41, 5.74) is 2.03. The predicted octanol–water partition coefficient (Wildman–Crippen LogP) is 4.25. The molecule has 1 aliphatic heterocycles. The largest absolute Gasteiger partial charge is 0.506 e. The third-order valence-corrected chi connectivity index (χ3v) is 4.96. The first-order chi connectivity index (χ1) is 11.5. The van der Waals surface area contributed by atoms with Gasteiger partial charge >= 0.3 is 0 Å². The van der Waals surface area contributed by atoms with Gasteiger partial charge in [0.1, 0.15) is 21.8 Å². The van der Waals surface area contributed by atoms with Crippen LogP contribution in [0.3, 0.4) is 0 Å². The van der Waals surface area contributed by atoms with Crippen molar-refractivity contribution in [1.29, 1.82) is 0 Å². The number of carbonyl (C=O) groups is 1. The number of halogens is 2. The third kappa shape index (κ3) is 3.11. The lowest BCUT2D eigenvalue weighted by atomic mass is 10.1. The van der Waals surface area contributed by atoms with Gasteiger partial charge in [0.2, 0.25) is 0 Å². The molecule has 24 heavy (non-hydrogen) atoms. The molecule has 1 aromatic carbocycles. The van der Waals surface area contributed by atoms with Crippen LogP contribution >= 0.6 is 15.9 Å². The molecule has 0 bridgehead atoms. The SMILES string of the molecule is COc1cc2c(c(O)c1Br)CN(CCC1=CC=C(F)CC=C1)C2=O. The summed E-state index contributed by atoms with van der Waals surface area (Å²) in [6.07, 6.45) is 7.79. The van der Waals surface area contributed by atoms with Crippen LogP contribution in [0.1, 0.15) is 28.8 Å². The van der Waals surface area contributed by atoms with E-state index in [2.05, 4.69) is 15.9 Å². The quantitative estimate of drug-likeness (QED) is 0.831. The van der Waals surface area contributed by atoms with E-state index in [1.807, 2.05) is 6.08 Å². The molecule has 0 aromatic heterocycles. The average Bonchev–Trinajstić information content (AvgIpc) is 2.74. The highest BCUT2D eigenvalue weighted by Gasteiger charge is 2.32. The molecule has 1 aromatic rings. The summed E-state index contributed by atoms with van der Waals surface area (Å²) < 4.78 is 18.8. The van der Waals surface area contributed by atoms with Crippen molar-refractivity contribution >= 4 is 21.8 Å². The van der Waals surface area contributed by atoms with Gasteiger partial charge < -0.3 is 14.7 Å². The molecule has 1 N–H and O–H groups in total. The number of phenols is 1. The topological polar surface area (TPSA) is 49.8 Å². The van der Waals surface area contributed by atoms with Crippen molar-refractivity contribution in [2.45, 2.75) is 19.4 Å². The van der Waals surface area contributed by atoms with Gasteiger partial charge in [0.25, 0.3) is 5.91 Å². The summed E-state index contributed by atoms with van der Waals surface area (Å²) in [6.45, 7) is 0.850. The van der Waals surface area contributed by atoms with Gasteiger partial charge in [0.15, 0.2) is 0 Å². The van der Waals surface area contributed by atoms with Crippen LogP contribution in [-0.2, 0) is 6.54 Å². The number of allylic oxidation sites excluding steroid dienone is 5. The standard InChI is InChI=1S/C18H17BrFNO3/c1-24-15-9-13-14(17(22)16(15)19)10-21(18(13)23)8-7-11-3-2-4-12(20)6-5-11/h2-3,5-6,9,22H,4,7-8,10H2,1H3. The summed E-state index contributed by atoms with van der Waals surface area (Å²) in [5, 5.41) is 10.3. The lowest BCUT2D eigenvalue weighted by Gasteiger charge is -2.15. The van der Waals surface area contributed by atoms with E-state index in [-0.39, 0.29) is 17.5 Å². The number of methoxy groups -OCH3 is 1. The molecule has 1 amide bonds. The van der Waals surface area contributed by atoms with Crippen LogP contribution in [-0.4, -0.2) is 29.6 Å². The fourth-order valence-electron chi connectivity index (χ4n) is 2.85. The zero-order valence-corrected chi connectivity index (χ0v) is 14.8. The van der Waals surface area contributed by atoms with Crippen LogP contribution in [0.2, 0.25) is 0 Å². The van der Waals surface area contributed by atoms with Crippen LogP contribution in [0.5, 0.6) is 11.5 Å². The molecule has 126 valence electrons. The minimum atomic E-state index is -0.173. The number of nitrogens with zero attached hydrogens (tertiary/aromatic N) is 1. The summed E-state index contributed by atoms with van der Waals surface area (Å²) in [7, 11) is 1.49. The van der Waals surface area contributed by atoms with Gasteiger partial charge in [-0.05, 0) is 40.1 Å². The molecule has 4 nitrogen and oxygen atoms in total. The Labute approximate surface area is 148 Å². The molecule has 2 aliphatic rings. The van der Waals surface area contributed by atoms with Crippen molar-refractivity contribution in [2.75, 3.05) is 13.7 Å². The van der Waals surface area contributed by atoms with Crippen molar-refractivity contribution in [3.05, 3.63) is 57.4 Å². The Bertz CT molecular complexity index is 783. The molecule has 0 saturated carbocycles. The van der Waals surface area contributed by atoms with Gasteiger partial charge in [-0.1, -0.05) is 18.2 Å². The number of ether oxygens (including phenoxy) is 1. The smallest absolute Gasteiger partial charge is 0.254 e. The highest BCUT2D eigenvalue weighted by Crippen LogP contribution is 2.42. The molecule has 6 heteroatoms. The minimum Gasteiger partial charge on any atom is -0.506 e. The summed E-state index contributed by atoms with van der Waals surface area (Å²) in [4.78, 5) is 14.2. The van der Waals surface area contributed by atoms with E-state index in [4.69, 9.17) is 4.74 Å². The van der Waals surface area contributed by atoms with Crippen molar-refractivity contribution in [2.24, 2.45) is 0 Å². The molecular weight excluding hydrogens is 377 g/mol. The molecule has 1 heterocycles. The fourth-order valence-corrected chi connectivity index (χ4v) is 3.36. The maximum atomic E-state index is 13.2. The Morgan fingerprint density at radius 3 is 2.96 bits per heavy atom. The number of benzene rings is 1. The number of hydrogen-bond acceptors (Lipinski definition) is 3. The normalized spacial score (nSPS) is 16.6. The number of aromatic hydroxyl groups is 1. The van der Waals surface area contributed by atoms with Gasteiger partial charge in [0, 0.05) is 18.5 Å². The highest BCUT2D eigenvalue weighted by atomic mass is 79.9. The maximum Gasteiger partial charge on any atom is 0.254 e. The van der Waals surface area contributed by atoms with E-state index >= 15 is 0 Å². The second-order valence-corrected chi connectivity index (χ2v) is 6.50. The Kier molecular flexibility index (Phi) is 4.76. The number of phenolic OH excluding ortho intramolecular Hbond substituents is 1. The van der Waals surface area contributed by atoms with E-state index in [0.717, 1.165) is 5.57 Å². The van der Waals surface area contributed by atoms with Gasteiger partial charge in [0.05, 0.1) is 19.2 Å². The van der Waals surface area contributed by atoms with Crippen LogP contribution in [0, 0.1) is 0 Å². The molecule has 0 unspecified atom stereocenters.